The third kappa shape index (κ3) is 4.11. The van der Waals surface area contributed by atoms with E-state index in [0.29, 0.717) is 18.9 Å². The number of rotatable bonds is 5. The van der Waals surface area contributed by atoms with Gasteiger partial charge in [-0.25, -0.2) is 9.37 Å². The van der Waals surface area contributed by atoms with Gasteiger partial charge in [-0.3, -0.25) is 4.79 Å². The standard InChI is InChI=1S/C12H18FN3O/c1-8(2)10(5-6-14)16-12(17)11-4-3-9(13)7-15-11/h3-4,7-8,10H,5-6,14H2,1-2H3,(H,16,17). The number of halogens is 1. The minimum atomic E-state index is -0.455. The van der Waals surface area contributed by atoms with Gasteiger partial charge in [0.15, 0.2) is 0 Å². The van der Waals surface area contributed by atoms with Gasteiger partial charge in [-0.15, -0.1) is 0 Å². The molecule has 1 aromatic heterocycles. The van der Waals surface area contributed by atoms with Gasteiger partial charge in [-0.2, -0.15) is 0 Å². The Kier molecular flexibility index (Phi) is 5.03. The Morgan fingerprint density at radius 1 is 1.53 bits per heavy atom. The predicted molar refractivity (Wildman–Crippen MR) is 64.0 cm³/mol. The van der Waals surface area contributed by atoms with Crippen LogP contribution in [0.5, 0.6) is 0 Å². The quantitative estimate of drug-likeness (QED) is 0.814. The molecule has 1 heterocycles. The van der Waals surface area contributed by atoms with Gasteiger partial charge in [0.05, 0.1) is 6.20 Å². The van der Waals surface area contributed by atoms with Gasteiger partial charge in [-0.05, 0) is 31.0 Å². The van der Waals surface area contributed by atoms with Crippen molar-refractivity contribution in [3.63, 3.8) is 0 Å². The van der Waals surface area contributed by atoms with Gasteiger partial charge in [0.2, 0.25) is 0 Å². The van der Waals surface area contributed by atoms with Crippen molar-refractivity contribution in [2.45, 2.75) is 26.3 Å². The number of nitrogens with one attached hydrogen (secondary N) is 1. The second-order valence-electron chi connectivity index (χ2n) is 4.26. The Morgan fingerprint density at radius 3 is 2.71 bits per heavy atom. The fourth-order valence-corrected chi connectivity index (χ4v) is 1.50. The molecule has 94 valence electrons. The molecule has 0 aromatic carbocycles. The summed E-state index contributed by atoms with van der Waals surface area (Å²) >= 11 is 0. The van der Waals surface area contributed by atoms with Crippen LogP contribution in [0.2, 0.25) is 0 Å². The minimum Gasteiger partial charge on any atom is -0.348 e. The molecule has 1 rings (SSSR count). The average Bonchev–Trinajstić information content (AvgIpc) is 2.29. The summed E-state index contributed by atoms with van der Waals surface area (Å²) in [7, 11) is 0. The fourth-order valence-electron chi connectivity index (χ4n) is 1.50. The maximum absolute atomic E-state index is 12.7. The summed E-state index contributed by atoms with van der Waals surface area (Å²) in [6.07, 6.45) is 1.74. The fraction of sp³-hybridized carbons (Fsp3) is 0.500. The maximum atomic E-state index is 12.7. The van der Waals surface area contributed by atoms with Crippen molar-refractivity contribution in [1.29, 1.82) is 0 Å². The van der Waals surface area contributed by atoms with Crippen LogP contribution in [0.1, 0.15) is 30.8 Å². The molecule has 5 heteroatoms. The van der Waals surface area contributed by atoms with Crippen LogP contribution in [0, 0.1) is 11.7 Å². The third-order valence-electron chi connectivity index (χ3n) is 2.56. The van der Waals surface area contributed by atoms with Crippen molar-refractivity contribution in [2.24, 2.45) is 11.7 Å². The summed E-state index contributed by atoms with van der Waals surface area (Å²) in [5, 5.41) is 2.85. The van der Waals surface area contributed by atoms with Crippen LogP contribution < -0.4 is 11.1 Å². The third-order valence-corrected chi connectivity index (χ3v) is 2.56. The predicted octanol–water partition coefficient (Wildman–Crippen LogP) is 1.32. The summed E-state index contributed by atoms with van der Waals surface area (Å²) < 4.78 is 12.7. The summed E-state index contributed by atoms with van der Waals surface area (Å²) in [4.78, 5) is 15.5. The zero-order valence-corrected chi connectivity index (χ0v) is 10.1. The average molecular weight is 239 g/mol. The van der Waals surface area contributed by atoms with Gasteiger partial charge in [0, 0.05) is 6.04 Å². The van der Waals surface area contributed by atoms with Crippen molar-refractivity contribution in [2.75, 3.05) is 6.54 Å². The lowest BCUT2D eigenvalue weighted by molar-refractivity contribution is 0.0919. The highest BCUT2D eigenvalue weighted by molar-refractivity contribution is 5.92. The van der Waals surface area contributed by atoms with Crippen molar-refractivity contribution in [3.8, 4) is 0 Å². The van der Waals surface area contributed by atoms with Crippen molar-refractivity contribution in [1.82, 2.24) is 10.3 Å². The van der Waals surface area contributed by atoms with Crippen LogP contribution in [-0.2, 0) is 0 Å². The van der Waals surface area contributed by atoms with E-state index in [2.05, 4.69) is 10.3 Å². The number of carbonyl (C=O) groups excluding carboxylic acids is 1. The number of amides is 1. The van der Waals surface area contributed by atoms with E-state index in [-0.39, 0.29) is 17.6 Å². The molecule has 0 aliphatic rings. The Balaban J connectivity index is 2.66. The molecule has 1 unspecified atom stereocenters. The Hall–Kier alpha value is -1.49. The molecule has 3 N–H and O–H groups in total. The van der Waals surface area contributed by atoms with Gasteiger partial charge in [0.1, 0.15) is 11.5 Å². The number of carbonyl (C=O) groups is 1. The minimum absolute atomic E-state index is 0.0133. The van der Waals surface area contributed by atoms with E-state index in [1.807, 2.05) is 13.8 Å². The van der Waals surface area contributed by atoms with E-state index in [9.17, 15) is 9.18 Å². The topological polar surface area (TPSA) is 68.0 Å². The smallest absolute Gasteiger partial charge is 0.270 e. The van der Waals surface area contributed by atoms with Gasteiger partial charge in [-0.1, -0.05) is 13.8 Å². The molecule has 0 bridgehead atoms. The molecule has 0 fully saturated rings. The highest BCUT2D eigenvalue weighted by Gasteiger charge is 2.16. The highest BCUT2D eigenvalue weighted by Crippen LogP contribution is 2.06. The number of hydrogen-bond donors (Lipinski definition) is 2. The first-order valence-corrected chi connectivity index (χ1v) is 5.67. The monoisotopic (exact) mass is 239 g/mol. The van der Waals surface area contributed by atoms with E-state index < -0.39 is 5.82 Å². The molecule has 17 heavy (non-hydrogen) atoms. The lowest BCUT2D eigenvalue weighted by Gasteiger charge is -2.21. The van der Waals surface area contributed by atoms with Crippen LogP contribution >= 0.6 is 0 Å². The van der Waals surface area contributed by atoms with Crippen LogP contribution in [0.15, 0.2) is 18.3 Å². The van der Waals surface area contributed by atoms with Gasteiger partial charge < -0.3 is 11.1 Å². The molecule has 0 saturated heterocycles. The molecule has 0 saturated carbocycles. The molecule has 1 aromatic rings. The lowest BCUT2D eigenvalue weighted by Crippen LogP contribution is -2.40. The molecule has 1 amide bonds. The lowest BCUT2D eigenvalue weighted by atomic mass is 10.0. The van der Waals surface area contributed by atoms with Crippen LogP contribution in [-0.4, -0.2) is 23.5 Å². The molecular weight excluding hydrogens is 221 g/mol. The number of aromatic nitrogens is 1. The molecule has 4 nitrogen and oxygen atoms in total. The Morgan fingerprint density at radius 2 is 2.24 bits per heavy atom. The number of nitrogens with two attached hydrogens (primary N) is 1. The summed E-state index contributed by atoms with van der Waals surface area (Å²) in [5.41, 5.74) is 5.70. The maximum Gasteiger partial charge on any atom is 0.270 e. The first-order valence-electron chi connectivity index (χ1n) is 5.67. The molecule has 1 atom stereocenters. The first kappa shape index (κ1) is 13.6. The van der Waals surface area contributed by atoms with Crippen LogP contribution in [0.3, 0.4) is 0 Å². The zero-order valence-electron chi connectivity index (χ0n) is 10.1. The van der Waals surface area contributed by atoms with E-state index in [0.717, 1.165) is 6.20 Å². The molecule has 0 aliphatic heterocycles. The number of hydrogen-bond acceptors (Lipinski definition) is 3. The molecule has 0 aliphatic carbocycles. The second-order valence-corrected chi connectivity index (χ2v) is 4.26. The number of nitrogens with zero attached hydrogens (tertiary/aromatic N) is 1. The van der Waals surface area contributed by atoms with Crippen LogP contribution in [0.25, 0.3) is 0 Å². The SMILES string of the molecule is CC(C)C(CCN)NC(=O)c1ccc(F)cn1. The van der Waals surface area contributed by atoms with Crippen molar-refractivity contribution >= 4 is 5.91 Å². The largest absolute Gasteiger partial charge is 0.348 e. The first-order chi connectivity index (χ1) is 8.04. The molecule has 0 radical (unpaired) electrons. The zero-order chi connectivity index (χ0) is 12.8. The van der Waals surface area contributed by atoms with E-state index >= 15 is 0 Å². The Bertz CT molecular complexity index is 365. The van der Waals surface area contributed by atoms with Crippen molar-refractivity contribution < 1.29 is 9.18 Å². The van der Waals surface area contributed by atoms with Crippen LogP contribution in [0.4, 0.5) is 4.39 Å². The van der Waals surface area contributed by atoms with E-state index in [1.165, 1.54) is 12.1 Å². The highest BCUT2D eigenvalue weighted by atomic mass is 19.1. The normalized spacial score (nSPS) is 12.5. The van der Waals surface area contributed by atoms with Gasteiger partial charge >= 0.3 is 0 Å². The van der Waals surface area contributed by atoms with Gasteiger partial charge in [0.25, 0.3) is 5.91 Å². The second kappa shape index (κ2) is 6.30. The number of pyridine rings is 1. The van der Waals surface area contributed by atoms with E-state index in [1.54, 1.807) is 0 Å². The molecular formula is C12H18FN3O. The summed E-state index contributed by atoms with van der Waals surface area (Å²) in [5.74, 6) is -0.455. The van der Waals surface area contributed by atoms with Crippen molar-refractivity contribution in [3.05, 3.63) is 29.8 Å². The summed E-state index contributed by atoms with van der Waals surface area (Å²) in [6.45, 7) is 4.54. The van der Waals surface area contributed by atoms with E-state index in [4.69, 9.17) is 5.73 Å². The molecule has 0 spiro atoms. The summed E-state index contributed by atoms with van der Waals surface area (Å²) in [6, 6.07) is 2.60. The Labute approximate surface area is 100 Å².